The first-order valence-electron chi connectivity index (χ1n) is 5.20. The van der Waals surface area contributed by atoms with E-state index in [2.05, 4.69) is 5.32 Å². The second kappa shape index (κ2) is 4.90. The lowest BCUT2D eigenvalue weighted by Gasteiger charge is -2.02. The molecular formula is C13H12ClNOS. The van der Waals surface area contributed by atoms with Crippen molar-refractivity contribution in [2.45, 2.75) is 13.8 Å². The first-order chi connectivity index (χ1) is 8.06. The van der Waals surface area contributed by atoms with Gasteiger partial charge in [0, 0.05) is 15.5 Å². The van der Waals surface area contributed by atoms with Crippen LogP contribution in [0, 0.1) is 13.8 Å². The van der Waals surface area contributed by atoms with E-state index in [9.17, 15) is 4.79 Å². The Morgan fingerprint density at radius 1 is 1.24 bits per heavy atom. The van der Waals surface area contributed by atoms with E-state index in [1.807, 2.05) is 19.9 Å². The van der Waals surface area contributed by atoms with Crippen LogP contribution in [0.2, 0.25) is 5.02 Å². The maximum absolute atomic E-state index is 11.9. The molecule has 0 aliphatic carbocycles. The van der Waals surface area contributed by atoms with Gasteiger partial charge in [0.05, 0.1) is 5.00 Å². The number of thiophene rings is 1. The van der Waals surface area contributed by atoms with Gasteiger partial charge in [0.15, 0.2) is 0 Å². The summed E-state index contributed by atoms with van der Waals surface area (Å²) in [6.07, 6.45) is 0. The van der Waals surface area contributed by atoms with E-state index in [0.29, 0.717) is 10.6 Å². The maximum Gasteiger partial charge on any atom is 0.256 e. The summed E-state index contributed by atoms with van der Waals surface area (Å²) in [6, 6.07) is 8.83. The van der Waals surface area contributed by atoms with Crippen molar-refractivity contribution < 1.29 is 4.79 Å². The molecule has 0 saturated heterocycles. The molecule has 0 saturated carbocycles. The summed E-state index contributed by atoms with van der Waals surface area (Å²) >= 11 is 7.35. The standard InChI is InChI=1S/C13H12ClNOS/c1-8-7-12(17-9(8)2)15-13(16)10-3-5-11(14)6-4-10/h3-7H,1-2H3,(H,15,16). The smallest absolute Gasteiger partial charge is 0.256 e. The third kappa shape index (κ3) is 2.87. The lowest BCUT2D eigenvalue weighted by atomic mass is 10.2. The van der Waals surface area contributed by atoms with Crippen LogP contribution in [0.25, 0.3) is 0 Å². The molecule has 1 aromatic heterocycles. The topological polar surface area (TPSA) is 29.1 Å². The van der Waals surface area contributed by atoms with Crippen molar-refractivity contribution >= 4 is 33.8 Å². The quantitative estimate of drug-likeness (QED) is 0.863. The maximum atomic E-state index is 11.9. The van der Waals surface area contributed by atoms with Crippen molar-refractivity contribution in [3.8, 4) is 0 Å². The molecule has 0 bridgehead atoms. The molecule has 0 fully saturated rings. The number of rotatable bonds is 2. The second-order valence-electron chi connectivity index (χ2n) is 3.81. The summed E-state index contributed by atoms with van der Waals surface area (Å²) < 4.78 is 0. The van der Waals surface area contributed by atoms with Gasteiger partial charge in [0.2, 0.25) is 0 Å². The minimum Gasteiger partial charge on any atom is -0.314 e. The van der Waals surface area contributed by atoms with Gasteiger partial charge in [-0.25, -0.2) is 0 Å². The minimum atomic E-state index is -0.108. The Morgan fingerprint density at radius 2 is 1.88 bits per heavy atom. The number of halogens is 1. The van der Waals surface area contributed by atoms with Gasteiger partial charge >= 0.3 is 0 Å². The minimum absolute atomic E-state index is 0.108. The Morgan fingerprint density at radius 3 is 2.41 bits per heavy atom. The normalized spacial score (nSPS) is 10.3. The number of aryl methyl sites for hydroxylation is 2. The molecule has 0 unspecified atom stereocenters. The summed E-state index contributed by atoms with van der Waals surface area (Å²) in [7, 11) is 0. The van der Waals surface area contributed by atoms with Gasteiger partial charge in [-0.3, -0.25) is 4.79 Å². The van der Waals surface area contributed by atoms with Gasteiger partial charge in [0.25, 0.3) is 5.91 Å². The molecule has 2 rings (SSSR count). The number of carbonyl (C=O) groups excluding carboxylic acids is 1. The van der Waals surface area contributed by atoms with Gasteiger partial charge in [-0.15, -0.1) is 11.3 Å². The number of hydrogen-bond donors (Lipinski definition) is 1. The number of anilines is 1. The van der Waals surface area contributed by atoms with Crippen LogP contribution in [-0.4, -0.2) is 5.91 Å². The van der Waals surface area contributed by atoms with Crippen molar-refractivity contribution in [2.75, 3.05) is 5.32 Å². The van der Waals surface area contributed by atoms with Crippen LogP contribution >= 0.6 is 22.9 Å². The summed E-state index contributed by atoms with van der Waals surface area (Å²) in [5.41, 5.74) is 1.81. The first-order valence-corrected chi connectivity index (χ1v) is 6.39. The molecule has 1 aromatic carbocycles. The van der Waals surface area contributed by atoms with Gasteiger partial charge in [-0.05, 0) is 49.7 Å². The van der Waals surface area contributed by atoms with Gasteiger partial charge in [-0.2, -0.15) is 0 Å². The van der Waals surface area contributed by atoms with Crippen LogP contribution in [0.3, 0.4) is 0 Å². The summed E-state index contributed by atoms with van der Waals surface area (Å²) in [5, 5.41) is 4.38. The van der Waals surface area contributed by atoms with E-state index in [1.165, 1.54) is 10.4 Å². The van der Waals surface area contributed by atoms with E-state index in [0.717, 1.165) is 5.00 Å². The number of amides is 1. The molecule has 1 N–H and O–H groups in total. The van der Waals surface area contributed by atoms with Crippen molar-refractivity contribution in [3.63, 3.8) is 0 Å². The lowest BCUT2D eigenvalue weighted by molar-refractivity contribution is 0.102. The Bertz CT molecular complexity index is 526. The molecule has 1 heterocycles. The number of benzene rings is 1. The lowest BCUT2D eigenvalue weighted by Crippen LogP contribution is -2.10. The molecule has 0 radical (unpaired) electrons. The van der Waals surface area contributed by atoms with Crippen molar-refractivity contribution in [3.05, 3.63) is 51.4 Å². The molecule has 0 aliphatic rings. The van der Waals surface area contributed by atoms with E-state index in [-0.39, 0.29) is 5.91 Å². The molecule has 1 amide bonds. The van der Waals surface area contributed by atoms with Crippen molar-refractivity contribution in [1.82, 2.24) is 0 Å². The molecule has 2 nitrogen and oxygen atoms in total. The summed E-state index contributed by atoms with van der Waals surface area (Å²) in [5.74, 6) is -0.108. The van der Waals surface area contributed by atoms with E-state index >= 15 is 0 Å². The van der Waals surface area contributed by atoms with Crippen LogP contribution in [0.1, 0.15) is 20.8 Å². The van der Waals surface area contributed by atoms with Crippen molar-refractivity contribution in [1.29, 1.82) is 0 Å². The highest BCUT2D eigenvalue weighted by atomic mass is 35.5. The van der Waals surface area contributed by atoms with Gasteiger partial charge < -0.3 is 5.32 Å². The average Bonchev–Trinajstić information content (AvgIpc) is 2.58. The zero-order chi connectivity index (χ0) is 12.4. The van der Waals surface area contributed by atoms with Crippen LogP contribution in [0.4, 0.5) is 5.00 Å². The van der Waals surface area contributed by atoms with Crippen molar-refractivity contribution in [2.24, 2.45) is 0 Å². The van der Waals surface area contributed by atoms with Crippen LogP contribution in [0.5, 0.6) is 0 Å². The molecule has 2 aromatic rings. The average molecular weight is 266 g/mol. The highest BCUT2D eigenvalue weighted by Gasteiger charge is 2.08. The van der Waals surface area contributed by atoms with E-state index in [1.54, 1.807) is 35.6 Å². The third-order valence-corrected chi connectivity index (χ3v) is 3.83. The van der Waals surface area contributed by atoms with Gasteiger partial charge in [-0.1, -0.05) is 11.6 Å². The Balaban J connectivity index is 2.14. The fourth-order valence-electron chi connectivity index (χ4n) is 1.42. The zero-order valence-electron chi connectivity index (χ0n) is 9.58. The highest BCUT2D eigenvalue weighted by molar-refractivity contribution is 7.16. The molecule has 4 heteroatoms. The summed E-state index contributed by atoms with van der Waals surface area (Å²) in [6.45, 7) is 4.07. The Labute approximate surface area is 109 Å². The molecule has 0 atom stereocenters. The van der Waals surface area contributed by atoms with Crippen LogP contribution in [0.15, 0.2) is 30.3 Å². The zero-order valence-corrected chi connectivity index (χ0v) is 11.2. The Hall–Kier alpha value is -1.32. The second-order valence-corrected chi connectivity index (χ2v) is 5.50. The number of hydrogen-bond acceptors (Lipinski definition) is 2. The van der Waals surface area contributed by atoms with E-state index < -0.39 is 0 Å². The largest absolute Gasteiger partial charge is 0.314 e. The fraction of sp³-hybridized carbons (Fsp3) is 0.154. The Kier molecular flexibility index (Phi) is 3.50. The molecule has 0 aliphatic heterocycles. The summed E-state index contributed by atoms with van der Waals surface area (Å²) in [4.78, 5) is 13.1. The molecule has 88 valence electrons. The third-order valence-electron chi connectivity index (χ3n) is 2.51. The number of carbonyl (C=O) groups is 1. The van der Waals surface area contributed by atoms with E-state index in [4.69, 9.17) is 11.6 Å². The van der Waals surface area contributed by atoms with Crippen LogP contribution in [-0.2, 0) is 0 Å². The highest BCUT2D eigenvalue weighted by Crippen LogP contribution is 2.25. The predicted molar refractivity (Wildman–Crippen MR) is 73.2 cm³/mol. The molecular weight excluding hydrogens is 254 g/mol. The fourth-order valence-corrected chi connectivity index (χ4v) is 2.48. The molecule has 17 heavy (non-hydrogen) atoms. The van der Waals surface area contributed by atoms with Gasteiger partial charge in [0.1, 0.15) is 0 Å². The predicted octanol–water partition coefficient (Wildman–Crippen LogP) is 4.27. The van der Waals surface area contributed by atoms with Crippen LogP contribution < -0.4 is 5.32 Å². The monoisotopic (exact) mass is 265 g/mol. The number of nitrogens with one attached hydrogen (secondary N) is 1. The first kappa shape index (κ1) is 12.1. The molecule has 0 spiro atoms. The SMILES string of the molecule is Cc1cc(NC(=O)c2ccc(Cl)cc2)sc1C.